The minimum absolute atomic E-state index is 0.169. The van der Waals surface area contributed by atoms with E-state index in [9.17, 15) is 4.79 Å². The van der Waals surface area contributed by atoms with Crippen molar-refractivity contribution in [3.05, 3.63) is 12.7 Å². The molecule has 2 heterocycles. The lowest BCUT2D eigenvalue weighted by Crippen LogP contribution is -2.37. The quantitative estimate of drug-likeness (QED) is 0.652. The summed E-state index contributed by atoms with van der Waals surface area (Å²) >= 11 is 0. The topological polar surface area (TPSA) is 51.0 Å². The van der Waals surface area contributed by atoms with Crippen LogP contribution in [0.3, 0.4) is 0 Å². The van der Waals surface area contributed by atoms with Gasteiger partial charge in [0.05, 0.1) is 6.04 Å². The molecule has 1 amide bonds. The van der Waals surface area contributed by atoms with Gasteiger partial charge < -0.3 is 4.90 Å². The summed E-state index contributed by atoms with van der Waals surface area (Å²) in [5, 5.41) is 4.11. The summed E-state index contributed by atoms with van der Waals surface area (Å²) < 4.78 is 1.89. The molecule has 0 atom stereocenters. The van der Waals surface area contributed by atoms with Crippen molar-refractivity contribution in [3.63, 3.8) is 0 Å². The van der Waals surface area contributed by atoms with Crippen molar-refractivity contribution in [3.8, 4) is 0 Å². The Hall–Kier alpha value is -1.39. The summed E-state index contributed by atoms with van der Waals surface area (Å²) in [6.45, 7) is 3.29. The van der Waals surface area contributed by atoms with Gasteiger partial charge in [-0.1, -0.05) is 0 Å². The summed E-state index contributed by atoms with van der Waals surface area (Å²) in [6, 6.07) is 0.410. The predicted molar refractivity (Wildman–Crippen MR) is 50.5 cm³/mol. The smallest absolute Gasteiger partial charge is 0.219 e. The molecule has 0 unspecified atom stereocenters. The first-order chi connectivity index (χ1) is 6.77. The van der Waals surface area contributed by atoms with Crippen molar-refractivity contribution in [2.75, 3.05) is 13.1 Å². The van der Waals surface area contributed by atoms with Crippen LogP contribution in [-0.2, 0) is 4.79 Å². The molecule has 0 saturated carbocycles. The number of amides is 1. The third kappa shape index (κ3) is 1.76. The number of aromatic nitrogens is 3. The molecule has 1 aliphatic rings. The van der Waals surface area contributed by atoms with Crippen LogP contribution < -0.4 is 0 Å². The molecular formula is C9H14N4O. The van der Waals surface area contributed by atoms with Crippen molar-refractivity contribution in [1.82, 2.24) is 19.7 Å². The largest absolute Gasteiger partial charge is 0.343 e. The summed E-state index contributed by atoms with van der Waals surface area (Å²) in [4.78, 5) is 16.9. The van der Waals surface area contributed by atoms with E-state index >= 15 is 0 Å². The van der Waals surface area contributed by atoms with E-state index in [1.54, 1.807) is 19.6 Å². The highest BCUT2D eigenvalue weighted by atomic mass is 16.2. The molecule has 0 N–H and O–H groups in total. The Labute approximate surface area is 82.7 Å². The monoisotopic (exact) mass is 194 g/mol. The van der Waals surface area contributed by atoms with Gasteiger partial charge in [0.2, 0.25) is 5.91 Å². The average Bonchev–Trinajstić information content (AvgIpc) is 2.71. The van der Waals surface area contributed by atoms with Gasteiger partial charge in [0, 0.05) is 20.0 Å². The third-order valence-electron chi connectivity index (χ3n) is 2.72. The standard InChI is InChI=1S/C9H14N4O/c1-8(14)12-4-2-9(3-5-12)13-7-10-6-11-13/h6-7,9H,2-5H2,1H3. The van der Waals surface area contributed by atoms with E-state index in [0.717, 1.165) is 25.9 Å². The van der Waals surface area contributed by atoms with Crippen molar-refractivity contribution in [2.45, 2.75) is 25.8 Å². The van der Waals surface area contributed by atoms with Crippen LogP contribution in [0.15, 0.2) is 12.7 Å². The van der Waals surface area contributed by atoms with Gasteiger partial charge in [-0.2, -0.15) is 5.10 Å². The minimum atomic E-state index is 0.169. The molecule has 0 aromatic carbocycles. The van der Waals surface area contributed by atoms with E-state index in [1.807, 2.05) is 9.58 Å². The van der Waals surface area contributed by atoms with Gasteiger partial charge in [-0.15, -0.1) is 0 Å². The highest BCUT2D eigenvalue weighted by Gasteiger charge is 2.21. The first-order valence-corrected chi connectivity index (χ1v) is 4.87. The van der Waals surface area contributed by atoms with Crippen molar-refractivity contribution < 1.29 is 4.79 Å². The number of carbonyl (C=O) groups is 1. The zero-order valence-electron chi connectivity index (χ0n) is 8.26. The van der Waals surface area contributed by atoms with Crippen molar-refractivity contribution in [2.24, 2.45) is 0 Å². The van der Waals surface area contributed by atoms with Gasteiger partial charge in [-0.3, -0.25) is 4.79 Å². The highest BCUT2D eigenvalue weighted by molar-refractivity contribution is 5.73. The molecule has 0 bridgehead atoms. The Morgan fingerprint density at radius 2 is 2.14 bits per heavy atom. The number of likely N-dealkylation sites (tertiary alicyclic amines) is 1. The molecular weight excluding hydrogens is 180 g/mol. The molecule has 1 aliphatic heterocycles. The number of piperidine rings is 1. The van der Waals surface area contributed by atoms with Crippen LogP contribution in [-0.4, -0.2) is 38.7 Å². The molecule has 5 heteroatoms. The Morgan fingerprint density at radius 3 is 2.64 bits per heavy atom. The molecule has 1 fully saturated rings. The van der Waals surface area contributed by atoms with Gasteiger partial charge in [0.1, 0.15) is 12.7 Å². The molecule has 0 radical (unpaired) electrons. The number of nitrogens with zero attached hydrogens (tertiary/aromatic N) is 4. The van der Waals surface area contributed by atoms with Crippen molar-refractivity contribution in [1.29, 1.82) is 0 Å². The Morgan fingerprint density at radius 1 is 1.43 bits per heavy atom. The second-order valence-corrected chi connectivity index (χ2v) is 3.61. The predicted octanol–water partition coefficient (Wildman–Crippen LogP) is 0.462. The number of hydrogen-bond acceptors (Lipinski definition) is 3. The molecule has 2 rings (SSSR count). The molecule has 76 valence electrons. The number of rotatable bonds is 1. The molecule has 1 aromatic rings. The maximum absolute atomic E-state index is 11.1. The van der Waals surface area contributed by atoms with Gasteiger partial charge in [-0.05, 0) is 12.8 Å². The number of hydrogen-bond donors (Lipinski definition) is 0. The maximum atomic E-state index is 11.1. The summed E-state index contributed by atoms with van der Waals surface area (Å²) in [7, 11) is 0. The zero-order chi connectivity index (χ0) is 9.97. The van der Waals surface area contributed by atoms with Crippen molar-refractivity contribution >= 4 is 5.91 Å². The molecule has 5 nitrogen and oxygen atoms in total. The Bertz CT molecular complexity index is 301. The van der Waals surface area contributed by atoms with Gasteiger partial charge in [-0.25, -0.2) is 9.67 Å². The van der Waals surface area contributed by atoms with E-state index < -0.39 is 0 Å². The Kier molecular flexibility index (Phi) is 2.47. The summed E-state index contributed by atoms with van der Waals surface area (Å²) in [6.07, 6.45) is 5.25. The number of carbonyl (C=O) groups excluding carboxylic acids is 1. The molecule has 0 spiro atoms. The summed E-state index contributed by atoms with van der Waals surface area (Å²) in [5.74, 6) is 0.169. The van der Waals surface area contributed by atoms with Crippen LogP contribution in [0.4, 0.5) is 0 Å². The van der Waals surface area contributed by atoms with Crippen LogP contribution in [0.2, 0.25) is 0 Å². The fourth-order valence-corrected chi connectivity index (χ4v) is 1.85. The molecule has 14 heavy (non-hydrogen) atoms. The second kappa shape index (κ2) is 3.77. The van der Waals surface area contributed by atoms with E-state index in [-0.39, 0.29) is 5.91 Å². The lowest BCUT2D eigenvalue weighted by molar-refractivity contribution is -0.130. The fourth-order valence-electron chi connectivity index (χ4n) is 1.85. The van der Waals surface area contributed by atoms with Crippen LogP contribution in [0.25, 0.3) is 0 Å². The molecule has 1 saturated heterocycles. The average molecular weight is 194 g/mol. The minimum Gasteiger partial charge on any atom is -0.343 e. The van der Waals surface area contributed by atoms with Crippen LogP contribution in [0.1, 0.15) is 25.8 Å². The molecule has 1 aromatic heterocycles. The van der Waals surface area contributed by atoms with Gasteiger partial charge >= 0.3 is 0 Å². The first-order valence-electron chi connectivity index (χ1n) is 4.87. The van der Waals surface area contributed by atoms with Gasteiger partial charge in [0.25, 0.3) is 0 Å². The lowest BCUT2D eigenvalue weighted by atomic mass is 10.1. The van der Waals surface area contributed by atoms with E-state index in [2.05, 4.69) is 10.1 Å². The van der Waals surface area contributed by atoms with Crippen LogP contribution >= 0.6 is 0 Å². The Balaban J connectivity index is 1.93. The molecule has 0 aliphatic carbocycles. The van der Waals surface area contributed by atoms with E-state index in [0.29, 0.717) is 6.04 Å². The van der Waals surface area contributed by atoms with Gasteiger partial charge in [0.15, 0.2) is 0 Å². The van der Waals surface area contributed by atoms with E-state index in [4.69, 9.17) is 0 Å². The van der Waals surface area contributed by atoms with E-state index in [1.165, 1.54) is 0 Å². The third-order valence-corrected chi connectivity index (χ3v) is 2.72. The lowest BCUT2D eigenvalue weighted by Gasteiger charge is -2.30. The van der Waals surface area contributed by atoms with Crippen LogP contribution in [0, 0.1) is 0 Å². The summed E-state index contributed by atoms with van der Waals surface area (Å²) in [5.41, 5.74) is 0. The normalized spacial score (nSPS) is 18.5. The zero-order valence-corrected chi connectivity index (χ0v) is 8.26. The SMILES string of the molecule is CC(=O)N1CCC(n2cncn2)CC1. The van der Waals surface area contributed by atoms with Crippen LogP contribution in [0.5, 0.6) is 0 Å². The first kappa shape index (κ1) is 9.18. The highest BCUT2D eigenvalue weighted by Crippen LogP contribution is 2.20. The fraction of sp³-hybridized carbons (Fsp3) is 0.667. The maximum Gasteiger partial charge on any atom is 0.219 e. The second-order valence-electron chi connectivity index (χ2n) is 3.61.